The Morgan fingerprint density at radius 2 is 2.05 bits per heavy atom. The third-order valence-electron chi connectivity index (χ3n) is 2.87. The molecular formula is C13H19ClFNO3S. The summed E-state index contributed by atoms with van der Waals surface area (Å²) in [6, 6.07) is 3.80. The maximum absolute atomic E-state index is 13.0. The van der Waals surface area contributed by atoms with E-state index in [-0.39, 0.29) is 23.2 Å². The van der Waals surface area contributed by atoms with Crippen LogP contribution in [0.5, 0.6) is 0 Å². The Morgan fingerprint density at radius 3 is 2.60 bits per heavy atom. The Hall–Kier alpha value is -0.690. The van der Waals surface area contributed by atoms with Crippen LogP contribution in [0.4, 0.5) is 4.39 Å². The molecule has 7 heteroatoms. The Labute approximate surface area is 124 Å². The summed E-state index contributed by atoms with van der Waals surface area (Å²) in [6.07, 6.45) is -0.195. The van der Waals surface area contributed by atoms with Crippen LogP contribution in [0.3, 0.4) is 0 Å². The summed E-state index contributed by atoms with van der Waals surface area (Å²) in [6.45, 7) is 3.88. The van der Waals surface area contributed by atoms with Gasteiger partial charge in [-0.2, -0.15) is 0 Å². The zero-order valence-corrected chi connectivity index (χ0v) is 13.0. The molecule has 0 aromatic heterocycles. The summed E-state index contributed by atoms with van der Waals surface area (Å²) in [7, 11) is -3.53. The van der Waals surface area contributed by atoms with Crippen molar-refractivity contribution in [3.63, 3.8) is 0 Å². The van der Waals surface area contributed by atoms with Crippen molar-refractivity contribution in [3.05, 3.63) is 34.6 Å². The molecule has 1 rings (SSSR count). The lowest BCUT2D eigenvalue weighted by Crippen LogP contribution is -2.29. The van der Waals surface area contributed by atoms with Gasteiger partial charge in [0.15, 0.2) is 0 Å². The molecule has 0 saturated carbocycles. The summed E-state index contributed by atoms with van der Waals surface area (Å²) in [5.41, 5.74) is 0.410. The Bertz CT molecular complexity index is 549. The predicted molar refractivity (Wildman–Crippen MR) is 77.5 cm³/mol. The number of aliphatic hydroxyl groups is 1. The fourth-order valence-corrected chi connectivity index (χ4v) is 2.95. The number of rotatable bonds is 7. The van der Waals surface area contributed by atoms with Gasteiger partial charge in [-0.05, 0) is 30.0 Å². The first kappa shape index (κ1) is 17.4. The molecule has 1 atom stereocenters. The molecular weight excluding hydrogens is 305 g/mol. The van der Waals surface area contributed by atoms with E-state index in [0.29, 0.717) is 12.0 Å². The maximum atomic E-state index is 13.0. The molecule has 0 aliphatic rings. The molecule has 0 heterocycles. The van der Waals surface area contributed by atoms with Crippen LogP contribution in [0.2, 0.25) is 5.02 Å². The van der Waals surface area contributed by atoms with Gasteiger partial charge in [0.1, 0.15) is 5.82 Å². The van der Waals surface area contributed by atoms with Crippen LogP contribution in [0.1, 0.15) is 25.8 Å². The molecule has 4 nitrogen and oxygen atoms in total. The maximum Gasteiger partial charge on any atom is 0.215 e. The van der Waals surface area contributed by atoms with Gasteiger partial charge in [-0.1, -0.05) is 31.5 Å². The second-order valence-corrected chi connectivity index (χ2v) is 7.22. The second-order valence-electron chi connectivity index (χ2n) is 5.00. The molecule has 1 aromatic carbocycles. The molecule has 0 saturated heterocycles. The summed E-state index contributed by atoms with van der Waals surface area (Å²) in [5, 5.41) is 9.48. The molecule has 0 bridgehead atoms. The quantitative estimate of drug-likeness (QED) is 0.809. The Balaban J connectivity index is 2.55. The van der Waals surface area contributed by atoms with Crippen LogP contribution in [-0.2, 0) is 15.8 Å². The standard InChI is InChI=1S/C13H19ClFNO3S/c1-9(2)13(17)5-6-16-20(18,19)8-10-3-4-12(15)11(14)7-10/h3-4,7,9,13,16-17H,5-6,8H2,1-2H3. The smallest absolute Gasteiger partial charge is 0.215 e. The highest BCUT2D eigenvalue weighted by Crippen LogP contribution is 2.17. The average Bonchev–Trinajstić information content (AvgIpc) is 2.33. The average molecular weight is 324 g/mol. The molecule has 0 aliphatic carbocycles. The summed E-state index contributed by atoms with van der Waals surface area (Å²) >= 11 is 5.60. The highest BCUT2D eigenvalue weighted by Gasteiger charge is 2.14. The predicted octanol–water partition coefficient (Wildman–Crippen LogP) is 2.31. The first-order chi connectivity index (χ1) is 9.21. The summed E-state index contributed by atoms with van der Waals surface area (Å²) < 4.78 is 39.0. The van der Waals surface area contributed by atoms with Gasteiger partial charge in [0.2, 0.25) is 10.0 Å². The van der Waals surface area contributed by atoms with Crippen molar-refractivity contribution < 1.29 is 17.9 Å². The van der Waals surface area contributed by atoms with Crippen molar-refractivity contribution in [1.82, 2.24) is 4.72 Å². The third kappa shape index (κ3) is 5.75. The topological polar surface area (TPSA) is 66.4 Å². The zero-order valence-electron chi connectivity index (χ0n) is 11.4. The van der Waals surface area contributed by atoms with Gasteiger partial charge in [0, 0.05) is 6.54 Å². The van der Waals surface area contributed by atoms with Crippen LogP contribution in [0, 0.1) is 11.7 Å². The molecule has 2 N–H and O–H groups in total. The van der Waals surface area contributed by atoms with Crippen LogP contribution < -0.4 is 4.72 Å². The van der Waals surface area contributed by atoms with E-state index in [0.717, 1.165) is 6.07 Å². The van der Waals surface area contributed by atoms with E-state index in [1.807, 2.05) is 13.8 Å². The number of aliphatic hydroxyl groups excluding tert-OH is 1. The lowest BCUT2D eigenvalue weighted by molar-refractivity contribution is 0.118. The minimum atomic E-state index is -3.53. The lowest BCUT2D eigenvalue weighted by atomic mass is 10.1. The van der Waals surface area contributed by atoms with Gasteiger partial charge in [-0.15, -0.1) is 0 Å². The largest absolute Gasteiger partial charge is 0.393 e. The number of hydrogen-bond donors (Lipinski definition) is 2. The van der Waals surface area contributed by atoms with Gasteiger partial charge in [-0.3, -0.25) is 0 Å². The van der Waals surface area contributed by atoms with Gasteiger partial charge >= 0.3 is 0 Å². The van der Waals surface area contributed by atoms with E-state index < -0.39 is 21.9 Å². The van der Waals surface area contributed by atoms with Crippen molar-refractivity contribution in [3.8, 4) is 0 Å². The van der Waals surface area contributed by atoms with Crippen LogP contribution in [0.15, 0.2) is 18.2 Å². The van der Waals surface area contributed by atoms with Crippen molar-refractivity contribution in [2.45, 2.75) is 32.1 Å². The second kappa shape index (κ2) is 7.36. The van der Waals surface area contributed by atoms with Gasteiger partial charge in [0.25, 0.3) is 0 Å². The minimum absolute atomic E-state index is 0.0791. The highest BCUT2D eigenvalue weighted by molar-refractivity contribution is 7.88. The van der Waals surface area contributed by atoms with Gasteiger partial charge in [-0.25, -0.2) is 17.5 Å². The van der Waals surface area contributed by atoms with E-state index in [2.05, 4.69) is 4.72 Å². The number of benzene rings is 1. The fourth-order valence-electron chi connectivity index (χ4n) is 1.60. The van der Waals surface area contributed by atoms with Crippen molar-refractivity contribution >= 4 is 21.6 Å². The Kier molecular flexibility index (Phi) is 6.39. The fraction of sp³-hybridized carbons (Fsp3) is 0.538. The number of hydrogen-bond acceptors (Lipinski definition) is 3. The van der Waals surface area contributed by atoms with E-state index in [1.54, 1.807) is 0 Å². The summed E-state index contributed by atoms with van der Waals surface area (Å²) in [4.78, 5) is 0. The molecule has 0 fully saturated rings. The first-order valence-electron chi connectivity index (χ1n) is 6.30. The van der Waals surface area contributed by atoms with E-state index >= 15 is 0 Å². The normalized spacial score (nSPS) is 13.7. The number of nitrogens with one attached hydrogen (secondary N) is 1. The van der Waals surface area contributed by atoms with Crippen LogP contribution in [0.25, 0.3) is 0 Å². The summed E-state index contributed by atoms with van der Waals surface area (Å²) in [5.74, 6) is -0.777. The van der Waals surface area contributed by atoms with Crippen molar-refractivity contribution in [1.29, 1.82) is 0 Å². The van der Waals surface area contributed by atoms with Crippen LogP contribution >= 0.6 is 11.6 Å². The van der Waals surface area contributed by atoms with Crippen molar-refractivity contribution in [2.75, 3.05) is 6.54 Å². The highest BCUT2D eigenvalue weighted by atomic mass is 35.5. The van der Waals surface area contributed by atoms with E-state index in [4.69, 9.17) is 11.6 Å². The molecule has 20 heavy (non-hydrogen) atoms. The molecule has 0 amide bonds. The number of sulfonamides is 1. The molecule has 1 unspecified atom stereocenters. The van der Waals surface area contributed by atoms with Crippen LogP contribution in [-0.4, -0.2) is 26.2 Å². The van der Waals surface area contributed by atoms with Crippen molar-refractivity contribution in [2.24, 2.45) is 5.92 Å². The first-order valence-corrected chi connectivity index (χ1v) is 8.33. The molecule has 114 valence electrons. The van der Waals surface area contributed by atoms with Gasteiger partial charge in [0.05, 0.1) is 16.9 Å². The molecule has 1 aromatic rings. The Morgan fingerprint density at radius 1 is 1.40 bits per heavy atom. The van der Waals surface area contributed by atoms with E-state index in [9.17, 15) is 17.9 Å². The van der Waals surface area contributed by atoms with Gasteiger partial charge < -0.3 is 5.11 Å². The molecule has 0 aliphatic heterocycles. The number of halogens is 2. The minimum Gasteiger partial charge on any atom is -0.393 e. The zero-order chi connectivity index (χ0) is 15.3. The molecule has 0 spiro atoms. The lowest BCUT2D eigenvalue weighted by Gasteiger charge is -2.14. The molecule has 0 radical (unpaired) electrons. The third-order valence-corrected chi connectivity index (χ3v) is 4.52. The monoisotopic (exact) mass is 323 g/mol. The van der Waals surface area contributed by atoms with E-state index in [1.165, 1.54) is 12.1 Å². The SMILES string of the molecule is CC(C)C(O)CCNS(=O)(=O)Cc1ccc(F)c(Cl)c1.